The maximum Gasteiger partial charge on any atom is 0.290 e. The number of nitrogens with one attached hydrogen (secondary N) is 2. The van der Waals surface area contributed by atoms with E-state index in [1.54, 1.807) is 0 Å². The SMILES string of the molecule is CCCn1nc(C(=O)NNC(=O)c2cc3c(s2)CCCCCC3)ccc1=O. The van der Waals surface area contributed by atoms with E-state index in [2.05, 4.69) is 16.0 Å². The first-order valence-electron chi connectivity index (χ1n) is 9.39. The fourth-order valence-corrected chi connectivity index (χ4v) is 4.29. The van der Waals surface area contributed by atoms with E-state index < -0.39 is 5.91 Å². The molecular weight excluding hydrogens is 364 g/mol. The van der Waals surface area contributed by atoms with Gasteiger partial charge in [-0.2, -0.15) is 5.10 Å². The van der Waals surface area contributed by atoms with Gasteiger partial charge in [0.2, 0.25) is 0 Å². The second-order valence-corrected chi connectivity index (χ2v) is 7.80. The third kappa shape index (κ3) is 4.82. The molecule has 2 N–H and O–H groups in total. The molecule has 0 fully saturated rings. The fourth-order valence-electron chi connectivity index (χ4n) is 3.14. The predicted octanol–water partition coefficient (Wildman–Crippen LogP) is 2.45. The molecule has 0 aliphatic heterocycles. The molecule has 0 saturated heterocycles. The van der Waals surface area contributed by atoms with Crippen molar-refractivity contribution < 1.29 is 9.59 Å². The van der Waals surface area contributed by atoms with Crippen LogP contribution in [0.15, 0.2) is 23.0 Å². The first-order chi connectivity index (χ1) is 13.1. The Labute approximate surface area is 161 Å². The molecule has 2 amide bonds. The Bertz CT molecular complexity index is 862. The van der Waals surface area contributed by atoms with E-state index in [0.29, 0.717) is 11.4 Å². The van der Waals surface area contributed by atoms with Gasteiger partial charge in [0.1, 0.15) is 0 Å². The Balaban J connectivity index is 1.63. The van der Waals surface area contributed by atoms with Gasteiger partial charge >= 0.3 is 0 Å². The lowest BCUT2D eigenvalue weighted by molar-refractivity contribution is 0.0844. The van der Waals surface area contributed by atoms with Crippen LogP contribution in [0.25, 0.3) is 0 Å². The number of hydrazine groups is 1. The molecule has 0 radical (unpaired) electrons. The summed E-state index contributed by atoms with van der Waals surface area (Å²) in [6.45, 7) is 2.36. The van der Waals surface area contributed by atoms with Crippen molar-refractivity contribution in [1.29, 1.82) is 0 Å². The quantitative estimate of drug-likeness (QED) is 0.787. The van der Waals surface area contributed by atoms with Crippen LogP contribution in [0.4, 0.5) is 0 Å². The molecule has 7 nitrogen and oxygen atoms in total. The van der Waals surface area contributed by atoms with E-state index in [4.69, 9.17) is 0 Å². The van der Waals surface area contributed by atoms with Crippen LogP contribution in [-0.4, -0.2) is 21.6 Å². The summed E-state index contributed by atoms with van der Waals surface area (Å²) >= 11 is 1.50. The zero-order chi connectivity index (χ0) is 19.2. The Morgan fingerprint density at radius 3 is 2.63 bits per heavy atom. The van der Waals surface area contributed by atoms with E-state index in [1.807, 2.05) is 13.0 Å². The number of thiophene rings is 1. The van der Waals surface area contributed by atoms with Gasteiger partial charge in [-0.15, -0.1) is 11.3 Å². The summed E-state index contributed by atoms with van der Waals surface area (Å²) in [6, 6.07) is 4.60. The highest BCUT2D eigenvalue weighted by Gasteiger charge is 2.17. The zero-order valence-corrected chi connectivity index (χ0v) is 16.2. The molecule has 2 heterocycles. The second-order valence-electron chi connectivity index (χ2n) is 6.66. The highest BCUT2D eigenvalue weighted by atomic mass is 32.1. The Kier molecular flexibility index (Phi) is 6.39. The molecule has 144 valence electrons. The average molecular weight is 388 g/mol. The third-order valence-corrected chi connectivity index (χ3v) is 5.78. The van der Waals surface area contributed by atoms with Crippen LogP contribution in [0, 0.1) is 0 Å². The lowest BCUT2D eigenvalue weighted by Crippen LogP contribution is -2.42. The van der Waals surface area contributed by atoms with Gasteiger partial charge in [-0.3, -0.25) is 25.2 Å². The number of nitrogens with zero attached hydrogens (tertiary/aromatic N) is 2. The largest absolute Gasteiger partial charge is 0.290 e. The molecule has 0 atom stereocenters. The summed E-state index contributed by atoms with van der Waals surface area (Å²) in [4.78, 5) is 38.2. The Hall–Kier alpha value is -2.48. The van der Waals surface area contributed by atoms with Crippen LogP contribution in [0.5, 0.6) is 0 Å². The molecule has 8 heteroatoms. The number of hydrogen-bond donors (Lipinski definition) is 2. The van der Waals surface area contributed by atoms with Crippen LogP contribution in [0.1, 0.15) is 69.6 Å². The highest BCUT2D eigenvalue weighted by molar-refractivity contribution is 7.14. The topological polar surface area (TPSA) is 93.1 Å². The van der Waals surface area contributed by atoms with Crippen molar-refractivity contribution in [2.75, 3.05) is 0 Å². The maximum absolute atomic E-state index is 12.4. The van der Waals surface area contributed by atoms with Crippen molar-refractivity contribution in [2.24, 2.45) is 0 Å². The number of amides is 2. The first-order valence-corrected chi connectivity index (χ1v) is 10.2. The second kappa shape index (κ2) is 8.94. The number of fused-ring (bicyclic) bond motifs is 1. The van der Waals surface area contributed by atoms with E-state index in [9.17, 15) is 14.4 Å². The third-order valence-electron chi connectivity index (χ3n) is 4.54. The van der Waals surface area contributed by atoms with Crippen LogP contribution < -0.4 is 16.4 Å². The molecule has 1 aliphatic carbocycles. The molecule has 0 bridgehead atoms. The molecule has 0 spiro atoms. The van der Waals surface area contributed by atoms with Gasteiger partial charge in [-0.1, -0.05) is 19.8 Å². The fraction of sp³-hybridized carbons (Fsp3) is 0.474. The minimum absolute atomic E-state index is 0.0850. The van der Waals surface area contributed by atoms with Crippen molar-refractivity contribution in [3.8, 4) is 0 Å². The van der Waals surface area contributed by atoms with Crippen molar-refractivity contribution >= 4 is 23.2 Å². The van der Waals surface area contributed by atoms with Crippen LogP contribution in [-0.2, 0) is 19.4 Å². The Morgan fingerprint density at radius 2 is 1.85 bits per heavy atom. The molecular formula is C19H24N4O3S. The summed E-state index contributed by atoms with van der Waals surface area (Å²) in [5, 5.41) is 4.03. The van der Waals surface area contributed by atoms with Crippen molar-refractivity contribution in [3.63, 3.8) is 0 Å². The number of aromatic nitrogens is 2. The summed E-state index contributed by atoms with van der Waals surface area (Å²) < 4.78 is 1.25. The van der Waals surface area contributed by atoms with E-state index in [0.717, 1.165) is 32.1 Å². The normalized spacial score (nSPS) is 14.0. The van der Waals surface area contributed by atoms with Gasteiger partial charge in [0.15, 0.2) is 5.69 Å². The lowest BCUT2D eigenvalue weighted by Gasteiger charge is -2.07. The molecule has 0 aromatic carbocycles. The van der Waals surface area contributed by atoms with Gasteiger partial charge in [-0.05, 0) is 49.8 Å². The van der Waals surface area contributed by atoms with Crippen molar-refractivity contribution in [2.45, 2.75) is 58.4 Å². The van der Waals surface area contributed by atoms with Gasteiger partial charge in [0.25, 0.3) is 17.4 Å². The molecule has 1 aliphatic rings. The van der Waals surface area contributed by atoms with Crippen molar-refractivity contribution in [1.82, 2.24) is 20.6 Å². The highest BCUT2D eigenvalue weighted by Crippen LogP contribution is 2.28. The number of aryl methyl sites for hydroxylation is 3. The van der Waals surface area contributed by atoms with Crippen molar-refractivity contribution in [3.05, 3.63) is 49.6 Å². The van der Waals surface area contributed by atoms with Crippen LogP contribution in [0.3, 0.4) is 0 Å². The van der Waals surface area contributed by atoms with E-state index in [1.165, 1.54) is 51.4 Å². The summed E-state index contributed by atoms with van der Waals surface area (Å²) in [5.74, 6) is -0.884. The van der Waals surface area contributed by atoms with Crippen LogP contribution >= 0.6 is 11.3 Å². The molecule has 0 unspecified atom stereocenters. The van der Waals surface area contributed by atoms with E-state index >= 15 is 0 Å². The summed E-state index contributed by atoms with van der Waals surface area (Å²) in [5.41, 5.74) is 5.91. The van der Waals surface area contributed by atoms with Gasteiger partial charge in [0, 0.05) is 17.5 Å². The number of carbonyl (C=O) groups excluding carboxylic acids is 2. The minimum Gasteiger partial charge on any atom is -0.268 e. The Morgan fingerprint density at radius 1 is 1.11 bits per heavy atom. The molecule has 2 aromatic heterocycles. The average Bonchev–Trinajstić information content (AvgIpc) is 3.03. The monoisotopic (exact) mass is 388 g/mol. The maximum atomic E-state index is 12.4. The molecule has 2 aromatic rings. The first kappa shape index (κ1) is 19.3. The van der Waals surface area contributed by atoms with E-state index in [-0.39, 0.29) is 17.2 Å². The number of rotatable bonds is 4. The standard InChI is InChI=1S/C19H24N4O3S/c1-2-11-23-17(24)10-9-14(22-23)18(25)20-21-19(26)16-12-13-7-5-3-4-6-8-15(13)27-16/h9-10,12H,2-8,11H2,1H3,(H,20,25)(H,21,26). The van der Waals surface area contributed by atoms with Gasteiger partial charge in [0.05, 0.1) is 4.88 Å². The lowest BCUT2D eigenvalue weighted by atomic mass is 10.00. The number of hydrogen-bond acceptors (Lipinski definition) is 5. The predicted molar refractivity (Wildman–Crippen MR) is 104 cm³/mol. The minimum atomic E-state index is -0.553. The van der Waals surface area contributed by atoms with Gasteiger partial charge in [-0.25, -0.2) is 4.68 Å². The summed E-state index contributed by atoms with van der Waals surface area (Å²) in [7, 11) is 0. The smallest absolute Gasteiger partial charge is 0.268 e. The van der Waals surface area contributed by atoms with Gasteiger partial charge < -0.3 is 0 Å². The van der Waals surface area contributed by atoms with Crippen LogP contribution in [0.2, 0.25) is 0 Å². The molecule has 3 rings (SSSR count). The molecule has 27 heavy (non-hydrogen) atoms. The summed E-state index contributed by atoms with van der Waals surface area (Å²) in [6.07, 6.45) is 7.54. The zero-order valence-electron chi connectivity index (χ0n) is 15.4. The number of carbonyl (C=O) groups is 2. The molecule has 0 saturated carbocycles.